The average Bonchev–Trinajstić information content (AvgIpc) is 2.64. The number of carbonyl (C=O) groups excluding carboxylic acids is 3. The van der Waals surface area contributed by atoms with Crippen LogP contribution in [-0.2, 0) is 20.8 Å². The summed E-state index contributed by atoms with van der Waals surface area (Å²) in [5.41, 5.74) is -1.02. The summed E-state index contributed by atoms with van der Waals surface area (Å²) in [4.78, 5) is 48.9. The standard InChI is InChI=1S/C20H30ClN5O5/c1-19(2,3)30-17(28)25-9-10-26(18(29)31-20(4,5)6)14(12-25)16(27)24-11-13-15(21)23-8-7-22-13/h7-8,14H,9-12H2,1-6H3,(H,24,27)/t14-/m1/s1. The molecule has 10 nitrogen and oxygen atoms in total. The third-order valence-corrected chi connectivity index (χ3v) is 4.43. The summed E-state index contributed by atoms with van der Waals surface area (Å²) < 4.78 is 10.9. The molecule has 1 aromatic heterocycles. The van der Waals surface area contributed by atoms with Crippen molar-refractivity contribution in [2.45, 2.75) is 65.3 Å². The molecule has 1 saturated heterocycles. The van der Waals surface area contributed by atoms with E-state index < -0.39 is 35.3 Å². The van der Waals surface area contributed by atoms with Gasteiger partial charge in [-0.15, -0.1) is 0 Å². The van der Waals surface area contributed by atoms with E-state index in [4.69, 9.17) is 21.1 Å². The Labute approximate surface area is 187 Å². The Morgan fingerprint density at radius 2 is 1.61 bits per heavy atom. The van der Waals surface area contributed by atoms with Gasteiger partial charge in [-0.3, -0.25) is 14.7 Å². The first-order chi connectivity index (χ1) is 14.3. The normalized spacial score (nSPS) is 17.2. The number of hydrogen-bond acceptors (Lipinski definition) is 7. The molecule has 0 aromatic carbocycles. The molecule has 1 N–H and O–H groups in total. The van der Waals surface area contributed by atoms with E-state index in [-0.39, 0.29) is 31.3 Å². The van der Waals surface area contributed by atoms with Crippen molar-refractivity contribution < 1.29 is 23.9 Å². The van der Waals surface area contributed by atoms with E-state index in [1.165, 1.54) is 22.2 Å². The zero-order chi connectivity index (χ0) is 23.4. The fraction of sp³-hybridized carbons (Fsp3) is 0.650. The molecule has 0 spiro atoms. The molecular weight excluding hydrogens is 426 g/mol. The molecule has 0 saturated carbocycles. The second-order valence-electron chi connectivity index (χ2n) is 9.13. The van der Waals surface area contributed by atoms with Crippen LogP contribution >= 0.6 is 11.6 Å². The summed E-state index contributed by atoms with van der Waals surface area (Å²) in [5, 5.41) is 2.88. The van der Waals surface area contributed by atoms with Gasteiger partial charge in [0.15, 0.2) is 5.15 Å². The molecule has 0 unspecified atom stereocenters. The van der Waals surface area contributed by atoms with Crippen LogP contribution in [0.2, 0.25) is 5.15 Å². The number of amides is 3. The first-order valence-corrected chi connectivity index (χ1v) is 10.4. The Bertz CT molecular complexity index is 821. The van der Waals surface area contributed by atoms with Crippen molar-refractivity contribution >= 4 is 29.7 Å². The van der Waals surface area contributed by atoms with Crippen LogP contribution in [0.3, 0.4) is 0 Å². The van der Waals surface area contributed by atoms with Crippen LogP contribution in [0.15, 0.2) is 12.4 Å². The van der Waals surface area contributed by atoms with Crippen molar-refractivity contribution in [2.24, 2.45) is 0 Å². The van der Waals surface area contributed by atoms with Crippen LogP contribution in [0.5, 0.6) is 0 Å². The van der Waals surface area contributed by atoms with Gasteiger partial charge in [0.1, 0.15) is 17.2 Å². The van der Waals surface area contributed by atoms with Gasteiger partial charge in [-0.2, -0.15) is 0 Å². The SMILES string of the molecule is CC(C)(C)OC(=O)N1CCN(C(=O)OC(C)(C)C)[C@@H](C(=O)NCc2nccnc2Cl)C1. The smallest absolute Gasteiger partial charge is 0.411 e. The topological polar surface area (TPSA) is 114 Å². The van der Waals surface area contributed by atoms with E-state index >= 15 is 0 Å². The molecular formula is C20H30ClN5O5. The molecule has 31 heavy (non-hydrogen) atoms. The van der Waals surface area contributed by atoms with Gasteiger partial charge in [-0.05, 0) is 41.5 Å². The fourth-order valence-corrected chi connectivity index (χ4v) is 2.97. The highest BCUT2D eigenvalue weighted by atomic mass is 35.5. The van der Waals surface area contributed by atoms with Crippen molar-refractivity contribution in [3.05, 3.63) is 23.2 Å². The molecule has 0 bridgehead atoms. The third-order valence-electron chi connectivity index (χ3n) is 4.12. The Morgan fingerprint density at radius 3 is 2.19 bits per heavy atom. The van der Waals surface area contributed by atoms with Crippen LogP contribution in [0.4, 0.5) is 9.59 Å². The molecule has 1 aromatic rings. The summed E-state index contributed by atoms with van der Waals surface area (Å²) in [7, 11) is 0. The predicted molar refractivity (Wildman–Crippen MR) is 113 cm³/mol. The maximum atomic E-state index is 13.0. The molecule has 1 atom stereocenters. The second kappa shape index (κ2) is 9.67. The number of aromatic nitrogens is 2. The monoisotopic (exact) mass is 455 g/mol. The lowest BCUT2D eigenvalue weighted by Gasteiger charge is -2.40. The number of carbonyl (C=O) groups is 3. The highest BCUT2D eigenvalue weighted by Crippen LogP contribution is 2.19. The van der Waals surface area contributed by atoms with Gasteiger partial charge in [-0.1, -0.05) is 11.6 Å². The van der Waals surface area contributed by atoms with Gasteiger partial charge in [0.05, 0.1) is 18.8 Å². The number of ether oxygens (including phenoxy) is 2. The lowest BCUT2D eigenvalue weighted by Crippen LogP contribution is -2.62. The Kier molecular flexibility index (Phi) is 7.69. The molecule has 0 radical (unpaired) electrons. The maximum absolute atomic E-state index is 13.0. The van der Waals surface area contributed by atoms with Gasteiger partial charge in [0.25, 0.3) is 0 Å². The zero-order valence-corrected chi connectivity index (χ0v) is 19.5. The van der Waals surface area contributed by atoms with Crippen molar-refractivity contribution in [1.29, 1.82) is 0 Å². The average molecular weight is 456 g/mol. The van der Waals surface area contributed by atoms with Crippen molar-refractivity contribution in [3.8, 4) is 0 Å². The quantitative estimate of drug-likeness (QED) is 0.744. The fourth-order valence-electron chi connectivity index (χ4n) is 2.80. The molecule has 2 rings (SSSR count). The van der Waals surface area contributed by atoms with E-state index in [9.17, 15) is 14.4 Å². The third kappa shape index (κ3) is 7.54. The number of nitrogens with zero attached hydrogens (tertiary/aromatic N) is 4. The summed E-state index contributed by atoms with van der Waals surface area (Å²) in [6, 6.07) is -0.966. The lowest BCUT2D eigenvalue weighted by atomic mass is 10.1. The summed E-state index contributed by atoms with van der Waals surface area (Å²) in [5.74, 6) is -0.471. The van der Waals surface area contributed by atoms with E-state index in [1.807, 2.05) is 0 Å². The van der Waals surface area contributed by atoms with Crippen molar-refractivity contribution in [3.63, 3.8) is 0 Å². The number of halogens is 1. The van der Waals surface area contributed by atoms with Gasteiger partial charge >= 0.3 is 12.2 Å². The minimum absolute atomic E-state index is 0.0244. The highest BCUT2D eigenvalue weighted by molar-refractivity contribution is 6.30. The van der Waals surface area contributed by atoms with Gasteiger partial charge in [-0.25, -0.2) is 14.6 Å². The molecule has 1 fully saturated rings. The molecule has 1 aliphatic rings. The first-order valence-electron chi connectivity index (χ1n) is 9.97. The van der Waals surface area contributed by atoms with Crippen molar-refractivity contribution in [2.75, 3.05) is 19.6 Å². The van der Waals surface area contributed by atoms with Gasteiger partial charge < -0.3 is 19.7 Å². The molecule has 2 heterocycles. The molecule has 3 amide bonds. The van der Waals surface area contributed by atoms with Gasteiger partial charge in [0, 0.05) is 25.5 Å². The van der Waals surface area contributed by atoms with E-state index in [0.717, 1.165) is 0 Å². The summed E-state index contributed by atoms with van der Waals surface area (Å²) in [6.45, 7) is 10.8. The molecule has 0 aliphatic carbocycles. The van der Waals surface area contributed by atoms with E-state index in [2.05, 4.69) is 15.3 Å². The van der Waals surface area contributed by atoms with E-state index in [1.54, 1.807) is 41.5 Å². The van der Waals surface area contributed by atoms with E-state index in [0.29, 0.717) is 5.69 Å². The van der Waals surface area contributed by atoms with Crippen LogP contribution in [-0.4, -0.2) is 74.7 Å². The first kappa shape index (κ1) is 24.6. The second-order valence-corrected chi connectivity index (χ2v) is 9.49. The molecule has 172 valence electrons. The highest BCUT2D eigenvalue weighted by Gasteiger charge is 2.40. The zero-order valence-electron chi connectivity index (χ0n) is 18.8. The molecule has 11 heteroatoms. The van der Waals surface area contributed by atoms with Crippen molar-refractivity contribution in [1.82, 2.24) is 25.1 Å². The van der Waals surface area contributed by atoms with Crippen LogP contribution < -0.4 is 5.32 Å². The Hall–Kier alpha value is -2.62. The Balaban J connectivity index is 2.16. The number of rotatable bonds is 3. The number of nitrogens with one attached hydrogen (secondary N) is 1. The minimum atomic E-state index is -0.966. The summed E-state index contributed by atoms with van der Waals surface area (Å²) >= 11 is 5.99. The largest absolute Gasteiger partial charge is 0.444 e. The van der Waals surface area contributed by atoms with Crippen LogP contribution in [0.25, 0.3) is 0 Å². The predicted octanol–water partition coefficient (Wildman–Crippen LogP) is 2.60. The summed E-state index contributed by atoms with van der Waals surface area (Å²) in [6.07, 6.45) is 1.73. The van der Waals surface area contributed by atoms with Crippen LogP contribution in [0, 0.1) is 0 Å². The Morgan fingerprint density at radius 1 is 1.03 bits per heavy atom. The maximum Gasteiger partial charge on any atom is 0.411 e. The van der Waals surface area contributed by atoms with Gasteiger partial charge in [0.2, 0.25) is 5.91 Å². The number of hydrogen-bond donors (Lipinski definition) is 1. The number of piperazine rings is 1. The lowest BCUT2D eigenvalue weighted by molar-refractivity contribution is -0.128. The van der Waals surface area contributed by atoms with Crippen LogP contribution in [0.1, 0.15) is 47.2 Å². The minimum Gasteiger partial charge on any atom is -0.444 e. The molecule has 1 aliphatic heterocycles.